The van der Waals surface area contributed by atoms with Crippen LogP contribution in [0.1, 0.15) is 29.9 Å². The molecule has 0 bridgehead atoms. The smallest absolute Gasteiger partial charge is 0.259 e. The molecule has 22 heavy (non-hydrogen) atoms. The zero-order valence-electron chi connectivity index (χ0n) is 12.3. The normalized spacial score (nSPS) is 15.2. The van der Waals surface area contributed by atoms with Gasteiger partial charge in [0.1, 0.15) is 11.6 Å². The molecule has 3 aromatic heterocycles. The highest BCUT2D eigenvalue weighted by molar-refractivity contribution is 6.08. The largest absolute Gasteiger partial charge is 0.364 e. The summed E-state index contributed by atoms with van der Waals surface area (Å²) in [6, 6.07) is 1.71. The van der Waals surface area contributed by atoms with Crippen LogP contribution in [0.15, 0.2) is 30.9 Å². The molecule has 0 unspecified atom stereocenters. The van der Waals surface area contributed by atoms with Gasteiger partial charge in [0.25, 0.3) is 5.91 Å². The molecule has 0 spiro atoms. The Labute approximate surface area is 126 Å². The monoisotopic (exact) mass is 296 g/mol. The van der Waals surface area contributed by atoms with E-state index < -0.39 is 0 Å². The number of carbonyl (C=O) groups excluding carboxylic acids is 1. The van der Waals surface area contributed by atoms with Crippen LogP contribution in [0.4, 0.5) is 5.82 Å². The number of H-pyrrole nitrogens is 2. The zero-order chi connectivity index (χ0) is 15.3. The summed E-state index contributed by atoms with van der Waals surface area (Å²) >= 11 is 0. The van der Waals surface area contributed by atoms with Gasteiger partial charge in [0.05, 0.1) is 17.3 Å². The van der Waals surface area contributed by atoms with Crippen LogP contribution < -0.4 is 5.32 Å². The van der Waals surface area contributed by atoms with Crippen molar-refractivity contribution in [3.8, 4) is 11.4 Å². The topological polar surface area (TPSA) is 91.4 Å². The van der Waals surface area contributed by atoms with Crippen molar-refractivity contribution < 1.29 is 4.79 Å². The molecular formula is C15H16N6O. The summed E-state index contributed by atoms with van der Waals surface area (Å²) in [7, 11) is 0. The predicted molar refractivity (Wildman–Crippen MR) is 81.6 cm³/mol. The number of hydrogen-bond donors (Lipinski definition) is 3. The fourth-order valence-electron chi connectivity index (χ4n) is 3.05. The first-order valence-corrected chi connectivity index (χ1v) is 7.11. The Hall–Kier alpha value is -2.83. The minimum Gasteiger partial charge on any atom is -0.364 e. The Kier molecular flexibility index (Phi) is 2.53. The van der Waals surface area contributed by atoms with Crippen molar-refractivity contribution in [2.24, 2.45) is 0 Å². The maximum absolute atomic E-state index is 12.5. The van der Waals surface area contributed by atoms with Crippen molar-refractivity contribution in [3.63, 3.8) is 0 Å². The second-order valence-corrected chi connectivity index (χ2v) is 6.09. The molecule has 4 rings (SSSR count). The number of anilines is 1. The number of carbonyl (C=O) groups is 1. The van der Waals surface area contributed by atoms with E-state index in [2.05, 4.69) is 43.9 Å². The zero-order valence-corrected chi connectivity index (χ0v) is 12.3. The molecule has 0 atom stereocenters. The lowest BCUT2D eigenvalue weighted by Crippen LogP contribution is -2.33. The molecule has 1 amide bonds. The number of amides is 1. The summed E-state index contributed by atoms with van der Waals surface area (Å²) in [5, 5.41) is 9.36. The Morgan fingerprint density at radius 3 is 3.05 bits per heavy atom. The van der Waals surface area contributed by atoms with Crippen LogP contribution in [0.3, 0.4) is 0 Å². The van der Waals surface area contributed by atoms with Crippen LogP contribution in [-0.2, 0) is 12.0 Å². The van der Waals surface area contributed by atoms with Crippen LogP contribution in [0.25, 0.3) is 11.4 Å². The van der Waals surface area contributed by atoms with E-state index in [1.54, 1.807) is 24.7 Å². The number of nitrogens with one attached hydrogen (secondary N) is 3. The van der Waals surface area contributed by atoms with E-state index >= 15 is 0 Å². The molecule has 7 nitrogen and oxygen atoms in total. The summed E-state index contributed by atoms with van der Waals surface area (Å²) < 4.78 is 2.12. The van der Waals surface area contributed by atoms with Gasteiger partial charge in [-0.3, -0.25) is 9.89 Å². The first kappa shape index (κ1) is 12.9. The Morgan fingerprint density at radius 2 is 2.27 bits per heavy atom. The quantitative estimate of drug-likeness (QED) is 0.676. The molecule has 4 heterocycles. The van der Waals surface area contributed by atoms with Gasteiger partial charge in [-0.1, -0.05) is 0 Å². The van der Waals surface area contributed by atoms with Gasteiger partial charge in [0.2, 0.25) is 0 Å². The molecule has 112 valence electrons. The van der Waals surface area contributed by atoms with Crippen molar-refractivity contribution in [2.75, 3.05) is 5.32 Å². The van der Waals surface area contributed by atoms with Gasteiger partial charge in [-0.25, -0.2) is 4.98 Å². The van der Waals surface area contributed by atoms with E-state index in [4.69, 9.17) is 0 Å². The molecule has 0 fully saturated rings. The first-order valence-electron chi connectivity index (χ1n) is 7.11. The van der Waals surface area contributed by atoms with Crippen molar-refractivity contribution >= 4 is 11.7 Å². The predicted octanol–water partition coefficient (Wildman–Crippen LogP) is 2.14. The minimum atomic E-state index is -0.184. The van der Waals surface area contributed by atoms with Gasteiger partial charge >= 0.3 is 0 Å². The van der Waals surface area contributed by atoms with Crippen LogP contribution in [0.2, 0.25) is 0 Å². The highest BCUT2D eigenvalue weighted by Crippen LogP contribution is 2.38. The van der Waals surface area contributed by atoms with Gasteiger partial charge in [0.15, 0.2) is 0 Å². The fourth-order valence-corrected chi connectivity index (χ4v) is 3.05. The maximum Gasteiger partial charge on any atom is 0.259 e. The lowest BCUT2D eigenvalue weighted by molar-refractivity contribution is 0.102. The first-order chi connectivity index (χ1) is 10.6. The molecular weight excluding hydrogens is 280 g/mol. The van der Waals surface area contributed by atoms with Gasteiger partial charge in [0, 0.05) is 42.3 Å². The van der Waals surface area contributed by atoms with Crippen LogP contribution in [0, 0.1) is 0 Å². The van der Waals surface area contributed by atoms with Crippen LogP contribution in [-0.4, -0.2) is 30.6 Å². The van der Waals surface area contributed by atoms with Gasteiger partial charge in [-0.15, -0.1) is 0 Å². The maximum atomic E-state index is 12.5. The van der Waals surface area contributed by atoms with Gasteiger partial charge in [-0.2, -0.15) is 5.10 Å². The van der Waals surface area contributed by atoms with Gasteiger partial charge < -0.3 is 14.9 Å². The van der Waals surface area contributed by atoms with Crippen molar-refractivity contribution in [1.29, 1.82) is 0 Å². The van der Waals surface area contributed by atoms with E-state index in [0.717, 1.165) is 23.5 Å². The second-order valence-electron chi connectivity index (χ2n) is 6.09. The highest BCUT2D eigenvalue weighted by Gasteiger charge is 2.34. The van der Waals surface area contributed by atoms with Crippen LogP contribution >= 0.6 is 0 Å². The molecule has 0 aromatic carbocycles. The van der Waals surface area contributed by atoms with Crippen molar-refractivity contribution in [2.45, 2.75) is 25.8 Å². The number of nitrogens with zero attached hydrogens (tertiary/aromatic N) is 3. The summed E-state index contributed by atoms with van der Waals surface area (Å²) in [6.45, 7) is 4.32. The minimum absolute atomic E-state index is 0.0686. The third-order valence-corrected chi connectivity index (χ3v) is 4.08. The molecule has 0 radical (unpaired) electrons. The lowest BCUT2D eigenvalue weighted by Gasteiger charge is -2.32. The number of fused-ring (bicyclic) bond motifs is 3. The lowest BCUT2D eigenvalue weighted by atomic mass is 9.90. The van der Waals surface area contributed by atoms with Gasteiger partial charge in [-0.05, 0) is 13.8 Å². The molecule has 0 aliphatic carbocycles. The Bertz CT molecular complexity index is 839. The Morgan fingerprint density at radius 1 is 1.41 bits per heavy atom. The highest BCUT2D eigenvalue weighted by atomic mass is 16.1. The molecule has 7 heteroatoms. The number of rotatable bonds is 2. The number of aromatic amines is 2. The van der Waals surface area contributed by atoms with Crippen molar-refractivity contribution in [1.82, 2.24) is 24.7 Å². The standard InChI is InChI=1S/C15H16N6O/c1-15(2)7-10-12(13-16-5-6-21(13)15)9(8-17-10)14(22)19-11-3-4-18-20-11/h3-6,8,17H,7H2,1-2H3,(H2,18,19,20,22). The average molecular weight is 296 g/mol. The Balaban J connectivity index is 1.78. The van der Waals surface area contributed by atoms with E-state index in [0.29, 0.717) is 11.4 Å². The summed E-state index contributed by atoms with van der Waals surface area (Å²) in [5.41, 5.74) is 2.44. The molecule has 3 N–H and O–H groups in total. The second kappa shape index (κ2) is 4.33. The fraction of sp³-hybridized carbons (Fsp3) is 0.267. The summed E-state index contributed by atoms with van der Waals surface area (Å²) in [5.74, 6) is 1.21. The van der Waals surface area contributed by atoms with Crippen LogP contribution in [0.5, 0.6) is 0 Å². The van der Waals surface area contributed by atoms with E-state index in [-0.39, 0.29) is 11.4 Å². The van der Waals surface area contributed by atoms with E-state index in [9.17, 15) is 4.79 Å². The third kappa shape index (κ3) is 1.78. The van der Waals surface area contributed by atoms with E-state index in [1.807, 2.05) is 6.20 Å². The number of aromatic nitrogens is 5. The number of hydrogen-bond acceptors (Lipinski definition) is 3. The summed E-state index contributed by atoms with van der Waals surface area (Å²) in [6.07, 6.45) is 7.90. The molecule has 0 saturated heterocycles. The number of imidazole rings is 1. The molecule has 1 aliphatic heterocycles. The SMILES string of the molecule is CC1(C)Cc2[nH]cc(C(=O)Nc3ccn[nH]3)c2-c2nccn21. The summed E-state index contributed by atoms with van der Waals surface area (Å²) in [4.78, 5) is 20.2. The van der Waals surface area contributed by atoms with Crippen molar-refractivity contribution in [3.05, 3.63) is 42.1 Å². The molecule has 0 saturated carbocycles. The molecule has 1 aliphatic rings. The third-order valence-electron chi connectivity index (χ3n) is 4.08. The average Bonchev–Trinajstić information content (AvgIpc) is 3.16. The molecule has 3 aromatic rings. The van der Waals surface area contributed by atoms with E-state index in [1.165, 1.54) is 0 Å².